The predicted molar refractivity (Wildman–Crippen MR) is 49.8 cm³/mol. The first-order chi connectivity index (χ1) is 6.29. The van der Waals surface area contributed by atoms with Gasteiger partial charge >= 0.3 is 0 Å². The van der Waals surface area contributed by atoms with Crippen LogP contribution in [0.1, 0.15) is 32.6 Å². The summed E-state index contributed by atoms with van der Waals surface area (Å²) in [6.45, 7) is 3.21. The fourth-order valence-electron chi connectivity index (χ4n) is 1.82. The van der Waals surface area contributed by atoms with Gasteiger partial charge in [-0.05, 0) is 19.3 Å². The summed E-state index contributed by atoms with van der Waals surface area (Å²) in [5.41, 5.74) is 0. The Labute approximate surface area is 79.0 Å². The zero-order valence-corrected chi connectivity index (χ0v) is 8.16. The number of hydrogen-bond donors (Lipinski definition) is 1. The Morgan fingerprint density at radius 1 is 1.62 bits per heavy atom. The van der Waals surface area contributed by atoms with E-state index in [2.05, 4.69) is 4.84 Å². The Morgan fingerprint density at radius 2 is 2.38 bits per heavy atom. The van der Waals surface area contributed by atoms with Gasteiger partial charge in [0.05, 0.1) is 12.6 Å². The van der Waals surface area contributed by atoms with E-state index < -0.39 is 0 Å². The summed E-state index contributed by atoms with van der Waals surface area (Å²) in [4.78, 5) is 18.0. The molecule has 1 rings (SSSR count). The highest BCUT2D eigenvalue weighted by Crippen LogP contribution is 2.17. The molecule has 0 aromatic heterocycles. The van der Waals surface area contributed by atoms with Gasteiger partial charge in [-0.1, -0.05) is 6.92 Å². The third-order valence-electron chi connectivity index (χ3n) is 2.54. The maximum atomic E-state index is 11.5. The Morgan fingerprint density at radius 3 is 3.00 bits per heavy atom. The number of nitrogens with zero attached hydrogens (tertiary/aromatic N) is 1. The quantitative estimate of drug-likeness (QED) is 0.659. The molecule has 0 aliphatic carbocycles. The van der Waals surface area contributed by atoms with Crippen LogP contribution >= 0.6 is 0 Å². The summed E-state index contributed by atoms with van der Waals surface area (Å²) >= 11 is 0. The van der Waals surface area contributed by atoms with Crippen LogP contribution in [0.25, 0.3) is 0 Å². The minimum Gasteiger partial charge on any atom is -0.337 e. The topological polar surface area (TPSA) is 55.6 Å². The maximum absolute atomic E-state index is 11.5. The molecule has 1 saturated heterocycles. The Kier molecular flexibility index (Phi) is 4.18. The van der Waals surface area contributed by atoms with Crippen molar-refractivity contribution in [3.05, 3.63) is 0 Å². The van der Waals surface area contributed by atoms with Crippen molar-refractivity contribution in [3.8, 4) is 0 Å². The van der Waals surface area contributed by atoms with E-state index in [1.165, 1.54) is 6.42 Å². The number of likely N-dealkylation sites (tertiary alicyclic amines) is 1. The first-order valence-electron chi connectivity index (χ1n) is 4.90. The van der Waals surface area contributed by atoms with Gasteiger partial charge in [-0.2, -0.15) is 0 Å². The number of carbonyl (C=O) groups excluding carboxylic acids is 1. The lowest BCUT2D eigenvalue weighted by Gasteiger charge is -2.34. The molecule has 0 spiro atoms. The predicted octanol–water partition coefficient (Wildman–Crippen LogP) is 0.668. The first-order valence-corrected chi connectivity index (χ1v) is 4.90. The van der Waals surface area contributed by atoms with Gasteiger partial charge in [0.2, 0.25) is 5.91 Å². The minimum absolute atomic E-state index is 0.200. The van der Waals surface area contributed by atoms with Crippen LogP contribution in [0, 0.1) is 0 Å². The number of nitrogens with two attached hydrogens (primary N) is 1. The lowest BCUT2D eigenvalue weighted by atomic mass is 10.0. The van der Waals surface area contributed by atoms with Crippen molar-refractivity contribution in [2.75, 3.05) is 13.2 Å². The second-order valence-electron chi connectivity index (χ2n) is 3.42. The van der Waals surface area contributed by atoms with E-state index in [4.69, 9.17) is 5.90 Å². The van der Waals surface area contributed by atoms with Gasteiger partial charge in [0.15, 0.2) is 0 Å². The van der Waals surface area contributed by atoms with Crippen molar-refractivity contribution in [1.82, 2.24) is 4.90 Å². The normalized spacial score (nSPS) is 23.2. The number of carbonyl (C=O) groups is 1. The van der Waals surface area contributed by atoms with Crippen molar-refractivity contribution in [1.29, 1.82) is 0 Å². The number of piperidine rings is 1. The van der Waals surface area contributed by atoms with Gasteiger partial charge in [0, 0.05) is 13.0 Å². The van der Waals surface area contributed by atoms with Gasteiger partial charge in [0.25, 0.3) is 0 Å². The molecule has 1 aliphatic heterocycles. The largest absolute Gasteiger partial charge is 0.337 e. The number of amides is 1. The average molecular weight is 186 g/mol. The molecule has 1 aliphatic rings. The monoisotopic (exact) mass is 186 g/mol. The summed E-state index contributed by atoms with van der Waals surface area (Å²) in [7, 11) is 0. The van der Waals surface area contributed by atoms with Gasteiger partial charge in [-0.15, -0.1) is 0 Å². The van der Waals surface area contributed by atoms with Crippen molar-refractivity contribution >= 4 is 5.91 Å². The molecular formula is C9H18N2O2. The van der Waals surface area contributed by atoms with Crippen molar-refractivity contribution in [2.24, 2.45) is 5.90 Å². The van der Waals surface area contributed by atoms with Crippen LogP contribution in [-0.2, 0) is 9.63 Å². The highest BCUT2D eigenvalue weighted by Gasteiger charge is 2.25. The summed E-state index contributed by atoms with van der Waals surface area (Å²) in [5.74, 6) is 5.24. The smallest absolute Gasteiger partial charge is 0.222 e. The van der Waals surface area contributed by atoms with Gasteiger partial charge < -0.3 is 9.74 Å². The van der Waals surface area contributed by atoms with E-state index in [0.717, 1.165) is 19.4 Å². The lowest BCUT2D eigenvalue weighted by molar-refractivity contribution is -0.136. The van der Waals surface area contributed by atoms with E-state index >= 15 is 0 Å². The van der Waals surface area contributed by atoms with Crippen LogP contribution in [-0.4, -0.2) is 30.0 Å². The summed E-state index contributed by atoms with van der Waals surface area (Å²) in [6.07, 6.45) is 3.86. The number of rotatable bonds is 3. The second-order valence-corrected chi connectivity index (χ2v) is 3.42. The Hall–Kier alpha value is -0.610. The molecule has 1 amide bonds. The molecule has 0 saturated carbocycles. The van der Waals surface area contributed by atoms with E-state index in [9.17, 15) is 4.79 Å². The average Bonchev–Trinajstić information content (AvgIpc) is 2.18. The Balaban J connectivity index is 2.50. The van der Waals surface area contributed by atoms with Crippen molar-refractivity contribution in [2.45, 2.75) is 38.6 Å². The fourth-order valence-corrected chi connectivity index (χ4v) is 1.82. The zero-order chi connectivity index (χ0) is 9.68. The molecule has 4 nitrogen and oxygen atoms in total. The molecular weight excluding hydrogens is 168 g/mol. The van der Waals surface area contributed by atoms with Crippen LogP contribution in [0.2, 0.25) is 0 Å². The summed E-state index contributed by atoms with van der Waals surface area (Å²) in [5, 5.41) is 0. The molecule has 0 bridgehead atoms. The molecule has 1 fully saturated rings. The zero-order valence-electron chi connectivity index (χ0n) is 8.16. The van der Waals surface area contributed by atoms with E-state index in [0.29, 0.717) is 13.0 Å². The highest BCUT2D eigenvalue weighted by molar-refractivity contribution is 5.76. The number of hydrogen-bond acceptors (Lipinski definition) is 3. The molecule has 1 unspecified atom stereocenters. The highest BCUT2D eigenvalue weighted by atomic mass is 16.6. The second kappa shape index (κ2) is 5.19. The molecule has 0 aromatic carbocycles. The maximum Gasteiger partial charge on any atom is 0.222 e. The Bertz CT molecular complexity index is 171. The molecule has 1 atom stereocenters. The molecule has 76 valence electrons. The molecule has 2 N–H and O–H groups in total. The lowest BCUT2D eigenvalue weighted by Crippen LogP contribution is -2.46. The van der Waals surface area contributed by atoms with Crippen LogP contribution < -0.4 is 5.90 Å². The molecule has 13 heavy (non-hydrogen) atoms. The third kappa shape index (κ3) is 2.67. The summed E-state index contributed by atoms with van der Waals surface area (Å²) < 4.78 is 0. The van der Waals surface area contributed by atoms with Crippen LogP contribution in [0.3, 0.4) is 0 Å². The van der Waals surface area contributed by atoms with Crippen LogP contribution in [0.15, 0.2) is 0 Å². The van der Waals surface area contributed by atoms with E-state index in [1.807, 2.05) is 11.8 Å². The van der Waals surface area contributed by atoms with E-state index in [1.54, 1.807) is 0 Å². The fraction of sp³-hybridized carbons (Fsp3) is 0.889. The summed E-state index contributed by atoms with van der Waals surface area (Å²) in [6, 6.07) is 0.200. The first kappa shape index (κ1) is 10.5. The molecule has 1 heterocycles. The van der Waals surface area contributed by atoms with Gasteiger partial charge in [-0.25, -0.2) is 5.90 Å². The van der Waals surface area contributed by atoms with Gasteiger partial charge in [-0.3, -0.25) is 4.79 Å². The van der Waals surface area contributed by atoms with Crippen molar-refractivity contribution < 1.29 is 9.63 Å². The van der Waals surface area contributed by atoms with Crippen LogP contribution in [0.5, 0.6) is 0 Å². The van der Waals surface area contributed by atoms with Gasteiger partial charge in [0.1, 0.15) is 0 Å². The molecule has 0 radical (unpaired) electrons. The standard InChI is InChI=1S/C9H18N2O2/c1-2-9(12)11-6-4-3-5-8(11)7-13-10/h8H,2-7,10H2,1H3. The van der Waals surface area contributed by atoms with Crippen LogP contribution in [0.4, 0.5) is 0 Å². The van der Waals surface area contributed by atoms with Crippen molar-refractivity contribution in [3.63, 3.8) is 0 Å². The van der Waals surface area contributed by atoms with E-state index in [-0.39, 0.29) is 11.9 Å². The molecule has 0 aromatic rings. The third-order valence-corrected chi connectivity index (χ3v) is 2.54. The molecule has 4 heteroatoms. The SMILES string of the molecule is CCC(=O)N1CCCCC1CON. The minimum atomic E-state index is 0.200.